The highest BCUT2D eigenvalue weighted by atomic mass is 19.1. The molecule has 0 amide bonds. The molecule has 21 heavy (non-hydrogen) atoms. The summed E-state index contributed by atoms with van der Waals surface area (Å²) in [6.45, 7) is 9.36. The van der Waals surface area contributed by atoms with Gasteiger partial charge in [-0.15, -0.1) is 0 Å². The molecule has 1 N–H and O–H groups in total. The lowest BCUT2D eigenvalue weighted by Gasteiger charge is -2.21. The molecule has 0 saturated carbocycles. The van der Waals surface area contributed by atoms with Crippen LogP contribution in [0.2, 0.25) is 0 Å². The smallest absolute Gasteiger partial charge is 0.125 e. The molecule has 2 aromatic rings. The zero-order valence-electron chi connectivity index (χ0n) is 12.8. The van der Waals surface area contributed by atoms with Gasteiger partial charge in [0.05, 0.1) is 17.6 Å². The number of nitrogens with one attached hydrogen (secondary N) is 1. The number of hydrogen-bond donors (Lipinski definition) is 1. The van der Waals surface area contributed by atoms with Gasteiger partial charge in [-0.1, -0.05) is 0 Å². The molecule has 2 heterocycles. The lowest BCUT2D eigenvalue weighted by atomic mass is 10.3. The highest BCUT2D eigenvalue weighted by Crippen LogP contribution is 2.23. The summed E-state index contributed by atoms with van der Waals surface area (Å²) in [4.78, 5) is 7.11. The van der Waals surface area contributed by atoms with Crippen molar-refractivity contribution in [3.63, 3.8) is 0 Å². The molecule has 1 aliphatic rings. The standard InChI is InChI=1S/C16H23FN4/c1-12(2)21-15-5-4-13(17)10-14(15)19-16(21)11-20-8-3-6-18-7-9-20/h4-5,10,12,18H,3,6-9,11H2,1-2H3. The monoisotopic (exact) mass is 290 g/mol. The first kappa shape index (κ1) is 14.5. The number of rotatable bonds is 3. The van der Waals surface area contributed by atoms with E-state index in [0.29, 0.717) is 6.04 Å². The van der Waals surface area contributed by atoms with Crippen molar-refractivity contribution >= 4 is 11.0 Å². The van der Waals surface area contributed by atoms with Crippen molar-refractivity contribution < 1.29 is 4.39 Å². The van der Waals surface area contributed by atoms with Crippen LogP contribution < -0.4 is 5.32 Å². The predicted molar refractivity (Wildman–Crippen MR) is 82.8 cm³/mol. The summed E-state index contributed by atoms with van der Waals surface area (Å²) in [5.41, 5.74) is 1.78. The molecule has 0 unspecified atom stereocenters. The van der Waals surface area contributed by atoms with Crippen LogP contribution >= 0.6 is 0 Å². The van der Waals surface area contributed by atoms with E-state index in [1.165, 1.54) is 12.1 Å². The van der Waals surface area contributed by atoms with E-state index in [2.05, 4.69) is 33.6 Å². The van der Waals surface area contributed by atoms with Crippen molar-refractivity contribution in [2.24, 2.45) is 0 Å². The largest absolute Gasteiger partial charge is 0.324 e. The van der Waals surface area contributed by atoms with Crippen LogP contribution in [0.1, 0.15) is 32.1 Å². The average Bonchev–Trinajstić information content (AvgIpc) is 2.60. The van der Waals surface area contributed by atoms with Crippen LogP contribution in [0.15, 0.2) is 18.2 Å². The number of fused-ring (bicyclic) bond motifs is 1. The molecular formula is C16H23FN4. The number of aromatic nitrogens is 2. The predicted octanol–water partition coefficient (Wildman–Crippen LogP) is 2.55. The van der Waals surface area contributed by atoms with Gasteiger partial charge in [-0.3, -0.25) is 4.90 Å². The minimum atomic E-state index is -0.221. The fraction of sp³-hybridized carbons (Fsp3) is 0.562. The van der Waals surface area contributed by atoms with E-state index in [4.69, 9.17) is 0 Å². The van der Waals surface area contributed by atoms with Crippen LogP contribution in [0.25, 0.3) is 11.0 Å². The second-order valence-electron chi connectivity index (χ2n) is 6.00. The Morgan fingerprint density at radius 3 is 2.95 bits per heavy atom. The van der Waals surface area contributed by atoms with E-state index in [9.17, 15) is 4.39 Å². The van der Waals surface area contributed by atoms with Gasteiger partial charge in [0, 0.05) is 25.2 Å². The maximum atomic E-state index is 13.4. The summed E-state index contributed by atoms with van der Waals surface area (Å²) < 4.78 is 15.7. The molecule has 1 aromatic heterocycles. The Morgan fingerprint density at radius 2 is 2.14 bits per heavy atom. The highest BCUT2D eigenvalue weighted by Gasteiger charge is 2.17. The summed E-state index contributed by atoms with van der Waals surface area (Å²) in [7, 11) is 0. The lowest BCUT2D eigenvalue weighted by molar-refractivity contribution is 0.271. The first-order valence-corrected chi connectivity index (χ1v) is 7.74. The highest BCUT2D eigenvalue weighted by molar-refractivity contribution is 5.76. The van der Waals surface area contributed by atoms with Gasteiger partial charge in [0.2, 0.25) is 0 Å². The number of hydrogen-bond acceptors (Lipinski definition) is 3. The van der Waals surface area contributed by atoms with Gasteiger partial charge in [0.1, 0.15) is 11.6 Å². The van der Waals surface area contributed by atoms with Crippen LogP contribution in [0.3, 0.4) is 0 Å². The SMILES string of the molecule is CC(C)n1c(CN2CCCNCC2)nc2cc(F)ccc21. The second-order valence-corrected chi connectivity index (χ2v) is 6.00. The molecule has 1 fully saturated rings. The molecule has 1 aromatic carbocycles. The Balaban J connectivity index is 1.94. The van der Waals surface area contributed by atoms with Gasteiger partial charge < -0.3 is 9.88 Å². The summed E-state index contributed by atoms with van der Waals surface area (Å²) in [6.07, 6.45) is 1.16. The number of halogens is 1. The molecule has 0 radical (unpaired) electrons. The van der Waals surface area contributed by atoms with Gasteiger partial charge in [0.25, 0.3) is 0 Å². The fourth-order valence-electron chi connectivity index (χ4n) is 3.07. The zero-order chi connectivity index (χ0) is 14.8. The minimum Gasteiger partial charge on any atom is -0.324 e. The molecule has 0 aliphatic carbocycles. The van der Waals surface area contributed by atoms with E-state index < -0.39 is 0 Å². The van der Waals surface area contributed by atoms with Crippen LogP contribution in [0, 0.1) is 5.82 Å². The zero-order valence-corrected chi connectivity index (χ0v) is 12.8. The van der Waals surface area contributed by atoms with Gasteiger partial charge in [-0.05, 0) is 45.5 Å². The molecule has 4 nitrogen and oxygen atoms in total. The van der Waals surface area contributed by atoms with Gasteiger partial charge in [-0.25, -0.2) is 9.37 Å². The topological polar surface area (TPSA) is 33.1 Å². The van der Waals surface area contributed by atoms with E-state index in [1.807, 2.05) is 6.07 Å². The summed E-state index contributed by atoms with van der Waals surface area (Å²) in [5.74, 6) is 0.814. The van der Waals surface area contributed by atoms with Crippen LogP contribution in [0.5, 0.6) is 0 Å². The Morgan fingerprint density at radius 1 is 1.29 bits per heavy atom. The van der Waals surface area contributed by atoms with Crippen molar-refractivity contribution in [2.75, 3.05) is 26.2 Å². The van der Waals surface area contributed by atoms with Gasteiger partial charge >= 0.3 is 0 Å². The fourth-order valence-corrected chi connectivity index (χ4v) is 3.07. The maximum Gasteiger partial charge on any atom is 0.125 e. The lowest BCUT2D eigenvalue weighted by Crippen LogP contribution is -2.29. The van der Waals surface area contributed by atoms with Crippen molar-refractivity contribution in [1.82, 2.24) is 19.8 Å². The minimum absolute atomic E-state index is 0.221. The Kier molecular flexibility index (Phi) is 4.22. The van der Waals surface area contributed by atoms with Crippen LogP contribution in [0.4, 0.5) is 4.39 Å². The molecular weight excluding hydrogens is 267 g/mol. The molecule has 3 rings (SSSR count). The van der Waals surface area contributed by atoms with E-state index in [0.717, 1.165) is 56.0 Å². The Bertz CT molecular complexity index is 612. The molecule has 5 heteroatoms. The number of imidazole rings is 1. The average molecular weight is 290 g/mol. The van der Waals surface area contributed by atoms with Crippen LogP contribution in [-0.2, 0) is 6.54 Å². The molecule has 0 atom stereocenters. The number of nitrogens with zero attached hydrogens (tertiary/aromatic N) is 3. The quantitative estimate of drug-likeness (QED) is 0.943. The van der Waals surface area contributed by atoms with Crippen molar-refractivity contribution in [3.05, 3.63) is 29.8 Å². The third-order valence-corrected chi connectivity index (χ3v) is 4.04. The van der Waals surface area contributed by atoms with Gasteiger partial charge in [0.15, 0.2) is 0 Å². The van der Waals surface area contributed by atoms with Crippen LogP contribution in [-0.4, -0.2) is 40.6 Å². The molecule has 0 spiro atoms. The maximum absolute atomic E-state index is 13.4. The first-order valence-electron chi connectivity index (χ1n) is 7.74. The Hall–Kier alpha value is -1.46. The number of benzene rings is 1. The molecule has 1 saturated heterocycles. The Labute approximate surface area is 125 Å². The molecule has 1 aliphatic heterocycles. The second kappa shape index (κ2) is 6.12. The van der Waals surface area contributed by atoms with Crippen molar-refractivity contribution in [3.8, 4) is 0 Å². The summed E-state index contributed by atoms with van der Waals surface area (Å²) in [5, 5.41) is 3.42. The van der Waals surface area contributed by atoms with E-state index in [-0.39, 0.29) is 5.82 Å². The summed E-state index contributed by atoms with van der Waals surface area (Å²) in [6, 6.07) is 5.20. The van der Waals surface area contributed by atoms with Gasteiger partial charge in [-0.2, -0.15) is 0 Å². The third-order valence-electron chi connectivity index (χ3n) is 4.04. The van der Waals surface area contributed by atoms with Crippen molar-refractivity contribution in [1.29, 1.82) is 0 Å². The normalized spacial score (nSPS) is 17.5. The molecule has 0 bridgehead atoms. The van der Waals surface area contributed by atoms with Crippen molar-refractivity contribution in [2.45, 2.75) is 32.9 Å². The molecule has 114 valence electrons. The first-order chi connectivity index (χ1) is 10.1. The van der Waals surface area contributed by atoms with E-state index >= 15 is 0 Å². The summed E-state index contributed by atoms with van der Waals surface area (Å²) >= 11 is 0. The third kappa shape index (κ3) is 3.09. The van der Waals surface area contributed by atoms with E-state index in [1.54, 1.807) is 0 Å².